The van der Waals surface area contributed by atoms with Gasteiger partial charge in [0, 0.05) is 5.56 Å². The second-order valence-electron chi connectivity index (χ2n) is 6.51. The molecular weight excluding hydrogens is 419 g/mol. The van der Waals surface area contributed by atoms with Gasteiger partial charge in [-0.1, -0.05) is 48.0 Å². The molecule has 4 rings (SSSR count). The van der Waals surface area contributed by atoms with E-state index < -0.39 is 34.7 Å². The van der Waals surface area contributed by atoms with Gasteiger partial charge >= 0.3 is 12.1 Å². The SMILES string of the molecule is COC(=O)c1c(C(=O)c2ccccc2Cl)c2ccc3ccccc3n2c1C(F)(F)F. The zero-order valence-corrected chi connectivity index (χ0v) is 16.2. The van der Waals surface area contributed by atoms with Crippen LogP contribution in [0.5, 0.6) is 0 Å². The van der Waals surface area contributed by atoms with E-state index in [1.165, 1.54) is 30.3 Å². The van der Waals surface area contributed by atoms with Crippen molar-refractivity contribution >= 4 is 39.8 Å². The minimum absolute atomic E-state index is 0.0151. The summed E-state index contributed by atoms with van der Waals surface area (Å²) in [5, 5.41) is 0.575. The lowest BCUT2D eigenvalue weighted by atomic mass is 9.99. The number of methoxy groups -OCH3 is 1. The third-order valence-electron chi connectivity index (χ3n) is 4.81. The van der Waals surface area contributed by atoms with Gasteiger partial charge in [0.15, 0.2) is 5.78 Å². The molecule has 152 valence electrons. The first-order chi connectivity index (χ1) is 14.3. The Morgan fingerprint density at radius 2 is 1.57 bits per heavy atom. The van der Waals surface area contributed by atoms with Crippen molar-refractivity contribution in [1.82, 2.24) is 4.40 Å². The number of aromatic nitrogens is 1. The lowest BCUT2D eigenvalue weighted by Gasteiger charge is -2.11. The fraction of sp³-hybridized carbons (Fsp3) is 0.0909. The van der Waals surface area contributed by atoms with Crippen LogP contribution >= 0.6 is 11.6 Å². The summed E-state index contributed by atoms with van der Waals surface area (Å²) in [7, 11) is 0.965. The number of carbonyl (C=O) groups excluding carboxylic acids is 2. The standard InChI is InChI=1S/C22H13ClF3NO3/c1-30-21(29)18-17(19(28)13-7-3-4-8-14(13)23)16-11-10-12-6-2-5-9-15(12)27(16)20(18)22(24,25)26/h2-11H,1H3. The monoisotopic (exact) mass is 431 g/mol. The number of pyridine rings is 1. The molecule has 0 saturated carbocycles. The summed E-state index contributed by atoms with van der Waals surface area (Å²) in [6.07, 6.45) is -4.93. The van der Waals surface area contributed by atoms with Gasteiger partial charge in [0.1, 0.15) is 11.3 Å². The summed E-state index contributed by atoms with van der Waals surface area (Å²) in [6.45, 7) is 0. The highest BCUT2D eigenvalue weighted by Gasteiger charge is 2.43. The lowest BCUT2D eigenvalue weighted by molar-refractivity contribution is -0.142. The van der Waals surface area contributed by atoms with E-state index in [9.17, 15) is 22.8 Å². The molecule has 0 aliphatic carbocycles. The Labute approximate surface area is 173 Å². The molecule has 0 saturated heterocycles. The topological polar surface area (TPSA) is 47.8 Å². The van der Waals surface area contributed by atoms with Crippen molar-refractivity contribution in [3.63, 3.8) is 0 Å². The average Bonchev–Trinajstić information content (AvgIpc) is 3.09. The van der Waals surface area contributed by atoms with E-state index in [0.29, 0.717) is 5.39 Å². The number of alkyl halides is 3. The smallest absolute Gasteiger partial charge is 0.432 e. The fourth-order valence-electron chi connectivity index (χ4n) is 3.58. The maximum absolute atomic E-state index is 14.2. The first-order valence-electron chi connectivity index (χ1n) is 8.76. The number of rotatable bonds is 3. The molecule has 4 aromatic rings. The number of nitrogens with zero attached hydrogens (tertiary/aromatic N) is 1. The molecule has 4 nitrogen and oxygen atoms in total. The number of benzene rings is 2. The molecule has 0 unspecified atom stereocenters. The van der Waals surface area contributed by atoms with Gasteiger partial charge < -0.3 is 9.14 Å². The Morgan fingerprint density at radius 3 is 2.23 bits per heavy atom. The number of fused-ring (bicyclic) bond motifs is 3. The number of ketones is 1. The largest absolute Gasteiger partial charge is 0.465 e. The first kappa shape index (κ1) is 20.0. The Morgan fingerprint density at radius 1 is 0.900 bits per heavy atom. The molecule has 0 radical (unpaired) electrons. The number of ether oxygens (including phenoxy) is 1. The third-order valence-corrected chi connectivity index (χ3v) is 5.14. The second-order valence-corrected chi connectivity index (χ2v) is 6.92. The second kappa shape index (κ2) is 7.18. The normalized spacial score (nSPS) is 11.8. The van der Waals surface area contributed by atoms with Gasteiger partial charge in [0.2, 0.25) is 0 Å². The van der Waals surface area contributed by atoms with E-state index in [2.05, 4.69) is 4.74 Å². The van der Waals surface area contributed by atoms with Crippen molar-refractivity contribution in [2.24, 2.45) is 0 Å². The van der Waals surface area contributed by atoms with Crippen LogP contribution in [0.2, 0.25) is 5.02 Å². The summed E-state index contributed by atoms with van der Waals surface area (Å²) < 4.78 is 48.1. The van der Waals surface area contributed by atoms with Crippen LogP contribution in [-0.2, 0) is 10.9 Å². The molecule has 2 heterocycles. The minimum atomic E-state index is -4.93. The van der Waals surface area contributed by atoms with Crippen LogP contribution in [0.4, 0.5) is 13.2 Å². The maximum Gasteiger partial charge on any atom is 0.432 e. The number of para-hydroxylation sites is 1. The Hall–Kier alpha value is -3.32. The minimum Gasteiger partial charge on any atom is -0.465 e. The molecule has 0 bridgehead atoms. The summed E-state index contributed by atoms with van der Waals surface area (Å²) >= 11 is 6.11. The quantitative estimate of drug-likeness (QED) is 0.305. The van der Waals surface area contributed by atoms with Crippen LogP contribution in [-0.4, -0.2) is 23.3 Å². The molecule has 2 aromatic heterocycles. The summed E-state index contributed by atoms with van der Waals surface area (Å²) in [5.41, 5.74) is -2.40. The maximum atomic E-state index is 14.2. The van der Waals surface area contributed by atoms with E-state index in [1.807, 2.05) is 0 Å². The average molecular weight is 432 g/mol. The molecular formula is C22H13ClF3NO3. The highest BCUT2D eigenvalue weighted by Crippen LogP contribution is 2.40. The summed E-state index contributed by atoms with van der Waals surface area (Å²) in [6, 6.07) is 15.3. The highest BCUT2D eigenvalue weighted by molar-refractivity contribution is 6.36. The van der Waals surface area contributed by atoms with Crippen LogP contribution in [0.15, 0.2) is 60.7 Å². The van der Waals surface area contributed by atoms with Crippen LogP contribution < -0.4 is 0 Å². The Balaban J connectivity index is 2.22. The molecule has 0 spiro atoms. The van der Waals surface area contributed by atoms with Crippen molar-refractivity contribution in [3.05, 3.63) is 88.1 Å². The zero-order valence-electron chi connectivity index (χ0n) is 15.5. The Bertz CT molecular complexity index is 1320. The molecule has 0 amide bonds. The lowest BCUT2D eigenvalue weighted by Crippen LogP contribution is -2.17. The third kappa shape index (κ3) is 3.02. The number of carbonyl (C=O) groups is 2. The van der Waals surface area contributed by atoms with Crippen molar-refractivity contribution in [2.75, 3.05) is 7.11 Å². The van der Waals surface area contributed by atoms with E-state index in [4.69, 9.17) is 11.6 Å². The number of esters is 1. The summed E-state index contributed by atoms with van der Waals surface area (Å²) in [5.74, 6) is -2.06. The van der Waals surface area contributed by atoms with Crippen molar-refractivity contribution in [1.29, 1.82) is 0 Å². The molecule has 0 fully saturated rings. The van der Waals surface area contributed by atoms with Crippen LogP contribution in [0.25, 0.3) is 16.4 Å². The van der Waals surface area contributed by atoms with Crippen molar-refractivity contribution < 1.29 is 27.5 Å². The van der Waals surface area contributed by atoms with E-state index in [0.717, 1.165) is 11.5 Å². The molecule has 0 aliphatic heterocycles. The fourth-order valence-corrected chi connectivity index (χ4v) is 3.80. The van der Waals surface area contributed by atoms with E-state index >= 15 is 0 Å². The molecule has 0 atom stereocenters. The van der Waals surface area contributed by atoms with Gasteiger partial charge in [-0.25, -0.2) is 4.79 Å². The van der Waals surface area contributed by atoms with Gasteiger partial charge in [-0.2, -0.15) is 13.2 Å². The first-order valence-corrected chi connectivity index (χ1v) is 9.14. The number of hydrogen-bond acceptors (Lipinski definition) is 3. The molecule has 30 heavy (non-hydrogen) atoms. The van der Waals surface area contributed by atoms with Gasteiger partial charge in [0.25, 0.3) is 0 Å². The van der Waals surface area contributed by atoms with E-state index in [-0.39, 0.29) is 21.6 Å². The van der Waals surface area contributed by atoms with Gasteiger partial charge in [0.05, 0.1) is 28.7 Å². The van der Waals surface area contributed by atoms with Crippen LogP contribution in [0.1, 0.15) is 32.0 Å². The molecule has 0 aliphatic rings. The van der Waals surface area contributed by atoms with Crippen molar-refractivity contribution in [2.45, 2.75) is 6.18 Å². The molecule has 2 aromatic carbocycles. The van der Waals surface area contributed by atoms with E-state index in [1.54, 1.807) is 30.3 Å². The van der Waals surface area contributed by atoms with Crippen molar-refractivity contribution in [3.8, 4) is 0 Å². The predicted molar refractivity (Wildman–Crippen MR) is 106 cm³/mol. The number of halogens is 4. The van der Waals surface area contributed by atoms with Crippen LogP contribution in [0, 0.1) is 0 Å². The zero-order chi connectivity index (χ0) is 21.6. The molecule has 0 N–H and O–H groups in total. The number of hydrogen-bond donors (Lipinski definition) is 0. The van der Waals surface area contributed by atoms with Gasteiger partial charge in [-0.3, -0.25) is 4.79 Å². The van der Waals surface area contributed by atoms with Crippen LogP contribution in [0.3, 0.4) is 0 Å². The highest BCUT2D eigenvalue weighted by atomic mass is 35.5. The Kier molecular flexibility index (Phi) is 4.78. The van der Waals surface area contributed by atoms with Gasteiger partial charge in [-0.15, -0.1) is 0 Å². The van der Waals surface area contributed by atoms with Gasteiger partial charge in [-0.05, 0) is 29.7 Å². The summed E-state index contributed by atoms with van der Waals surface area (Å²) in [4.78, 5) is 25.8. The predicted octanol–water partition coefficient (Wildman–Crippen LogP) is 5.78. The molecule has 8 heteroatoms.